The molecule has 2 heterocycles. The second-order valence-electron chi connectivity index (χ2n) is 5.93. The van der Waals surface area contributed by atoms with Crippen LogP contribution >= 0.6 is 0 Å². The molecule has 0 unspecified atom stereocenters. The Morgan fingerprint density at radius 3 is 2.62 bits per heavy atom. The highest BCUT2D eigenvalue weighted by Gasteiger charge is 2.13. The normalized spacial score (nSPS) is 13.7. The Labute approximate surface area is 150 Å². The van der Waals surface area contributed by atoms with Crippen molar-refractivity contribution in [2.75, 3.05) is 23.3 Å². The molecule has 1 aromatic heterocycles. The van der Waals surface area contributed by atoms with Gasteiger partial charge in [0.05, 0.1) is 0 Å². The van der Waals surface area contributed by atoms with E-state index in [2.05, 4.69) is 25.3 Å². The average Bonchev–Trinajstić information content (AvgIpc) is 3.16. The van der Waals surface area contributed by atoms with Crippen molar-refractivity contribution >= 4 is 17.5 Å². The first kappa shape index (κ1) is 17.9. The van der Waals surface area contributed by atoms with Gasteiger partial charge in [-0.2, -0.15) is 8.78 Å². The minimum atomic E-state index is -2.87. The van der Waals surface area contributed by atoms with E-state index in [-0.39, 0.29) is 11.8 Å². The van der Waals surface area contributed by atoms with E-state index >= 15 is 0 Å². The summed E-state index contributed by atoms with van der Waals surface area (Å²) in [6.07, 6.45) is 4.09. The van der Waals surface area contributed by atoms with Crippen LogP contribution in [0, 0.1) is 0 Å². The summed E-state index contributed by atoms with van der Waals surface area (Å²) in [5, 5.41) is 5.41. The molecule has 0 radical (unpaired) electrons. The largest absolute Gasteiger partial charge is 0.435 e. The summed E-state index contributed by atoms with van der Waals surface area (Å²) in [5.74, 6) is 0.967. The Bertz CT molecular complexity index is 734. The average molecular weight is 362 g/mol. The number of urea groups is 1. The summed E-state index contributed by atoms with van der Waals surface area (Å²) >= 11 is 0. The predicted octanol–water partition coefficient (Wildman–Crippen LogP) is 3.60. The second-order valence-corrected chi connectivity index (χ2v) is 5.93. The minimum absolute atomic E-state index is 0.0391. The molecule has 8 heteroatoms. The maximum absolute atomic E-state index is 12.1. The van der Waals surface area contributed by atoms with Crippen LogP contribution in [0.15, 0.2) is 42.6 Å². The number of nitrogens with one attached hydrogen (secondary N) is 2. The number of nitrogens with zero attached hydrogens (tertiary/aromatic N) is 2. The molecule has 1 aliphatic rings. The highest BCUT2D eigenvalue weighted by atomic mass is 19.3. The molecular weight excluding hydrogens is 342 g/mol. The quantitative estimate of drug-likeness (QED) is 0.824. The lowest BCUT2D eigenvalue weighted by Crippen LogP contribution is -2.28. The zero-order chi connectivity index (χ0) is 18.4. The van der Waals surface area contributed by atoms with Crippen LogP contribution in [-0.4, -0.2) is 30.7 Å². The van der Waals surface area contributed by atoms with Gasteiger partial charge in [-0.15, -0.1) is 0 Å². The van der Waals surface area contributed by atoms with Crippen LogP contribution in [0.5, 0.6) is 5.75 Å². The number of amides is 2. The molecular formula is C18H20F2N4O2. The summed E-state index contributed by atoms with van der Waals surface area (Å²) in [4.78, 5) is 18.6. The van der Waals surface area contributed by atoms with E-state index in [1.54, 1.807) is 6.20 Å². The number of benzene rings is 1. The van der Waals surface area contributed by atoms with Crippen LogP contribution in [0.2, 0.25) is 0 Å². The molecule has 2 amide bonds. The van der Waals surface area contributed by atoms with E-state index in [0.29, 0.717) is 12.2 Å². The van der Waals surface area contributed by atoms with E-state index in [1.165, 1.54) is 37.1 Å². The molecule has 0 saturated carbocycles. The standard InChI is InChI=1S/C18H20F2N4O2/c19-17(20)26-15-5-3-14(4-6-15)23-18(25)22-12-13-7-8-21-16(11-13)24-9-1-2-10-24/h3-8,11,17H,1-2,9-10,12H2,(H2,22,23,25). The summed E-state index contributed by atoms with van der Waals surface area (Å²) in [5.41, 5.74) is 1.44. The van der Waals surface area contributed by atoms with Gasteiger partial charge in [-0.05, 0) is 54.8 Å². The van der Waals surface area contributed by atoms with Crippen molar-refractivity contribution < 1.29 is 18.3 Å². The molecule has 3 rings (SSSR count). The topological polar surface area (TPSA) is 66.5 Å². The van der Waals surface area contributed by atoms with E-state index in [0.717, 1.165) is 24.5 Å². The van der Waals surface area contributed by atoms with Crippen LogP contribution in [0.4, 0.5) is 25.1 Å². The summed E-state index contributed by atoms with van der Waals surface area (Å²) in [7, 11) is 0. The molecule has 6 nitrogen and oxygen atoms in total. The number of rotatable bonds is 6. The van der Waals surface area contributed by atoms with Gasteiger partial charge in [-0.3, -0.25) is 0 Å². The van der Waals surface area contributed by atoms with Crippen LogP contribution in [-0.2, 0) is 6.54 Å². The summed E-state index contributed by atoms with van der Waals surface area (Å²) in [6, 6.07) is 9.18. The van der Waals surface area contributed by atoms with Gasteiger partial charge in [-0.25, -0.2) is 9.78 Å². The maximum Gasteiger partial charge on any atom is 0.387 e. The Morgan fingerprint density at radius 2 is 1.92 bits per heavy atom. The van der Waals surface area contributed by atoms with Crippen LogP contribution in [0.1, 0.15) is 18.4 Å². The van der Waals surface area contributed by atoms with Gasteiger partial charge in [0.1, 0.15) is 11.6 Å². The monoisotopic (exact) mass is 362 g/mol. The van der Waals surface area contributed by atoms with Gasteiger partial charge in [0, 0.05) is 31.5 Å². The lowest BCUT2D eigenvalue weighted by atomic mass is 10.2. The zero-order valence-electron chi connectivity index (χ0n) is 14.1. The molecule has 138 valence electrons. The third-order valence-corrected chi connectivity index (χ3v) is 4.03. The number of pyridine rings is 1. The Kier molecular flexibility index (Phi) is 5.83. The Balaban J connectivity index is 1.50. The van der Waals surface area contributed by atoms with Crippen molar-refractivity contribution in [3.8, 4) is 5.75 Å². The third kappa shape index (κ3) is 5.05. The lowest BCUT2D eigenvalue weighted by molar-refractivity contribution is -0.0498. The predicted molar refractivity (Wildman–Crippen MR) is 94.6 cm³/mol. The Morgan fingerprint density at radius 1 is 1.19 bits per heavy atom. The van der Waals surface area contributed by atoms with Gasteiger partial charge in [-0.1, -0.05) is 0 Å². The number of anilines is 2. The SMILES string of the molecule is O=C(NCc1ccnc(N2CCCC2)c1)Nc1ccc(OC(F)F)cc1. The van der Waals surface area contributed by atoms with E-state index < -0.39 is 6.61 Å². The Hall–Kier alpha value is -2.90. The fraction of sp³-hybridized carbons (Fsp3) is 0.333. The van der Waals surface area contributed by atoms with Crippen molar-refractivity contribution in [2.24, 2.45) is 0 Å². The number of ether oxygens (including phenoxy) is 1. The van der Waals surface area contributed by atoms with Crippen molar-refractivity contribution in [3.63, 3.8) is 0 Å². The maximum atomic E-state index is 12.1. The van der Waals surface area contributed by atoms with Gasteiger partial charge < -0.3 is 20.3 Å². The smallest absolute Gasteiger partial charge is 0.387 e. The molecule has 0 spiro atoms. The lowest BCUT2D eigenvalue weighted by Gasteiger charge is -2.17. The number of alkyl halides is 2. The number of aromatic nitrogens is 1. The van der Waals surface area contributed by atoms with Crippen molar-refractivity contribution in [1.82, 2.24) is 10.3 Å². The first-order valence-corrected chi connectivity index (χ1v) is 8.40. The highest BCUT2D eigenvalue weighted by molar-refractivity contribution is 5.89. The fourth-order valence-corrected chi connectivity index (χ4v) is 2.77. The van der Waals surface area contributed by atoms with E-state index in [4.69, 9.17) is 0 Å². The van der Waals surface area contributed by atoms with Crippen molar-refractivity contribution in [1.29, 1.82) is 0 Å². The van der Waals surface area contributed by atoms with Crippen LogP contribution in [0.25, 0.3) is 0 Å². The molecule has 0 atom stereocenters. The number of hydrogen-bond donors (Lipinski definition) is 2. The summed E-state index contributed by atoms with van der Waals surface area (Å²) in [6.45, 7) is -0.490. The number of hydrogen-bond acceptors (Lipinski definition) is 4. The summed E-state index contributed by atoms with van der Waals surface area (Å²) < 4.78 is 28.5. The molecule has 0 aliphatic carbocycles. The third-order valence-electron chi connectivity index (χ3n) is 4.03. The first-order valence-electron chi connectivity index (χ1n) is 8.40. The number of carbonyl (C=O) groups excluding carboxylic acids is 1. The number of halogens is 2. The minimum Gasteiger partial charge on any atom is -0.435 e. The molecule has 2 aromatic rings. The van der Waals surface area contributed by atoms with Gasteiger partial charge >= 0.3 is 12.6 Å². The van der Waals surface area contributed by atoms with Crippen molar-refractivity contribution in [2.45, 2.75) is 26.0 Å². The molecule has 1 fully saturated rings. The van der Waals surface area contributed by atoms with Gasteiger partial charge in [0.15, 0.2) is 0 Å². The molecule has 26 heavy (non-hydrogen) atoms. The van der Waals surface area contributed by atoms with E-state index in [9.17, 15) is 13.6 Å². The zero-order valence-corrected chi connectivity index (χ0v) is 14.1. The van der Waals surface area contributed by atoms with Gasteiger partial charge in [0.25, 0.3) is 0 Å². The fourth-order valence-electron chi connectivity index (χ4n) is 2.77. The highest BCUT2D eigenvalue weighted by Crippen LogP contribution is 2.19. The van der Waals surface area contributed by atoms with E-state index in [1.807, 2.05) is 12.1 Å². The number of carbonyl (C=O) groups is 1. The van der Waals surface area contributed by atoms with Crippen LogP contribution < -0.4 is 20.3 Å². The molecule has 1 aromatic carbocycles. The first-order chi connectivity index (χ1) is 12.6. The molecule has 1 aliphatic heterocycles. The molecule has 1 saturated heterocycles. The van der Waals surface area contributed by atoms with Gasteiger partial charge in [0.2, 0.25) is 0 Å². The van der Waals surface area contributed by atoms with Crippen molar-refractivity contribution in [3.05, 3.63) is 48.2 Å². The molecule has 0 bridgehead atoms. The van der Waals surface area contributed by atoms with Crippen LogP contribution in [0.3, 0.4) is 0 Å². The molecule has 2 N–H and O–H groups in total. The second kappa shape index (κ2) is 8.46.